The van der Waals surface area contributed by atoms with Crippen LogP contribution in [-0.2, 0) is 7.05 Å². The predicted molar refractivity (Wildman–Crippen MR) is 75.7 cm³/mol. The first kappa shape index (κ1) is 14.2. The molecule has 0 saturated heterocycles. The molecule has 20 heavy (non-hydrogen) atoms. The summed E-state index contributed by atoms with van der Waals surface area (Å²) in [6.45, 7) is 1.45. The molecule has 1 aromatic carbocycles. The highest BCUT2D eigenvalue weighted by atomic mass is 19.1. The number of aryl methyl sites for hydroxylation is 1. The van der Waals surface area contributed by atoms with Crippen LogP contribution in [0.15, 0.2) is 18.3 Å². The molecule has 6 heteroatoms. The lowest BCUT2D eigenvalue weighted by Crippen LogP contribution is -2.00. The summed E-state index contributed by atoms with van der Waals surface area (Å²) in [7, 11) is 4.75. The molecular weight excluding hydrogens is 261 g/mol. The predicted octanol–water partition coefficient (Wildman–Crippen LogP) is 2.72. The Morgan fingerprint density at radius 3 is 2.45 bits per heavy atom. The van der Waals surface area contributed by atoms with Crippen molar-refractivity contribution in [1.82, 2.24) is 9.78 Å². The molecule has 108 valence electrons. The Morgan fingerprint density at radius 2 is 2.00 bits per heavy atom. The smallest absolute Gasteiger partial charge is 0.166 e. The minimum atomic E-state index is -1.18. The van der Waals surface area contributed by atoms with Gasteiger partial charge in [0.15, 0.2) is 11.5 Å². The molecule has 2 N–H and O–H groups in total. The summed E-state index contributed by atoms with van der Waals surface area (Å²) in [5.41, 5.74) is 7.85. The van der Waals surface area contributed by atoms with Gasteiger partial charge in [-0.05, 0) is 24.6 Å². The minimum absolute atomic E-state index is 0.397. The molecule has 1 heterocycles. The van der Waals surface area contributed by atoms with Crippen molar-refractivity contribution in [3.8, 4) is 22.6 Å². The molecule has 1 atom stereocenters. The lowest BCUT2D eigenvalue weighted by molar-refractivity contribution is 0.324. The van der Waals surface area contributed by atoms with E-state index in [-0.39, 0.29) is 0 Å². The van der Waals surface area contributed by atoms with Crippen molar-refractivity contribution in [2.75, 3.05) is 20.0 Å². The van der Waals surface area contributed by atoms with Crippen molar-refractivity contribution >= 4 is 5.82 Å². The molecule has 1 aromatic heterocycles. The fourth-order valence-corrected chi connectivity index (χ4v) is 2.11. The standard InChI is InChI=1S/C14H18FN3O2/c1-8(15)10-5-9(6-12(19-3)13(10)20-4)11-7-17-18(2)14(11)16/h5-8H,16H2,1-4H3. The van der Waals surface area contributed by atoms with E-state index in [9.17, 15) is 4.39 Å². The lowest BCUT2D eigenvalue weighted by Gasteiger charge is -2.15. The SMILES string of the molecule is COc1cc(-c2cnn(C)c2N)cc(C(C)F)c1OC. The Labute approximate surface area is 117 Å². The largest absolute Gasteiger partial charge is 0.493 e. The van der Waals surface area contributed by atoms with Crippen LogP contribution in [0.2, 0.25) is 0 Å². The van der Waals surface area contributed by atoms with Crippen molar-refractivity contribution in [1.29, 1.82) is 0 Å². The second-order valence-electron chi connectivity index (χ2n) is 4.48. The number of anilines is 1. The number of nitrogens with two attached hydrogens (primary N) is 1. The quantitative estimate of drug-likeness (QED) is 0.934. The van der Waals surface area contributed by atoms with Gasteiger partial charge in [-0.15, -0.1) is 0 Å². The number of nitrogens with zero attached hydrogens (tertiary/aromatic N) is 2. The number of nitrogen functional groups attached to an aromatic ring is 1. The van der Waals surface area contributed by atoms with E-state index in [4.69, 9.17) is 15.2 Å². The maximum absolute atomic E-state index is 13.8. The number of alkyl halides is 1. The summed E-state index contributed by atoms with van der Waals surface area (Å²) < 4.78 is 25.9. The van der Waals surface area contributed by atoms with Crippen molar-refractivity contribution in [2.45, 2.75) is 13.1 Å². The third-order valence-corrected chi connectivity index (χ3v) is 3.23. The van der Waals surface area contributed by atoms with Gasteiger partial charge >= 0.3 is 0 Å². The molecule has 0 aliphatic carbocycles. The third-order valence-electron chi connectivity index (χ3n) is 3.23. The molecule has 0 radical (unpaired) electrons. The second-order valence-corrected chi connectivity index (χ2v) is 4.48. The topological polar surface area (TPSA) is 62.3 Å². The van der Waals surface area contributed by atoms with Gasteiger partial charge in [0.25, 0.3) is 0 Å². The van der Waals surface area contributed by atoms with Gasteiger partial charge in [0.1, 0.15) is 12.0 Å². The summed E-state index contributed by atoms with van der Waals surface area (Å²) in [6, 6.07) is 3.47. The fourth-order valence-electron chi connectivity index (χ4n) is 2.11. The van der Waals surface area contributed by atoms with Crippen LogP contribution in [0, 0.1) is 0 Å². The Hall–Kier alpha value is -2.24. The number of hydrogen-bond acceptors (Lipinski definition) is 4. The highest BCUT2D eigenvalue weighted by molar-refractivity contribution is 5.76. The molecule has 0 aliphatic rings. The number of benzene rings is 1. The Kier molecular flexibility index (Phi) is 3.83. The van der Waals surface area contributed by atoms with Crippen LogP contribution in [0.25, 0.3) is 11.1 Å². The van der Waals surface area contributed by atoms with Gasteiger partial charge in [0.05, 0.1) is 20.4 Å². The van der Waals surface area contributed by atoms with Crippen LogP contribution < -0.4 is 15.2 Å². The zero-order valence-corrected chi connectivity index (χ0v) is 12.0. The van der Waals surface area contributed by atoms with Crippen molar-refractivity contribution in [2.24, 2.45) is 7.05 Å². The summed E-state index contributed by atoms with van der Waals surface area (Å²) in [5, 5.41) is 4.09. The van der Waals surface area contributed by atoms with Crippen LogP contribution >= 0.6 is 0 Å². The van der Waals surface area contributed by atoms with Crippen LogP contribution in [-0.4, -0.2) is 24.0 Å². The van der Waals surface area contributed by atoms with E-state index in [1.54, 1.807) is 30.1 Å². The minimum Gasteiger partial charge on any atom is -0.493 e. The molecule has 0 bridgehead atoms. The van der Waals surface area contributed by atoms with E-state index in [2.05, 4.69) is 5.10 Å². The van der Waals surface area contributed by atoms with Gasteiger partial charge < -0.3 is 15.2 Å². The second kappa shape index (κ2) is 5.40. The number of rotatable bonds is 4. The Bertz CT molecular complexity index is 623. The number of aromatic nitrogens is 2. The number of ether oxygens (including phenoxy) is 2. The van der Waals surface area contributed by atoms with E-state index in [1.807, 2.05) is 0 Å². The molecule has 0 amide bonds. The lowest BCUT2D eigenvalue weighted by atomic mass is 10.0. The van der Waals surface area contributed by atoms with Crippen molar-refractivity contribution in [3.63, 3.8) is 0 Å². The molecule has 0 fully saturated rings. The summed E-state index contributed by atoms with van der Waals surface area (Å²) in [4.78, 5) is 0. The van der Waals surface area contributed by atoms with Gasteiger partial charge in [0.2, 0.25) is 0 Å². The van der Waals surface area contributed by atoms with Crippen molar-refractivity contribution in [3.05, 3.63) is 23.9 Å². The highest BCUT2D eigenvalue weighted by Crippen LogP contribution is 2.41. The molecule has 0 aliphatic heterocycles. The maximum atomic E-state index is 13.8. The van der Waals surface area contributed by atoms with Crippen molar-refractivity contribution < 1.29 is 13.9 Å². The van der Waals surface area contributed by atoms with Crippen LogP contribution in [0.1, 0.15) is 18.7 Å². The summed E-state index contributed by atoms with van der Waals surface area (Å²) in [6.07, 6.45) is 0.459. The summed E-state index contributed by atoms with van der Waals surface area (Å²) in [5.74, 6) is 1.37. The molecule has 0 spiro atoms. The van der Waals surface area contributed by atoms with Gasteiger partial charge in [-0.2, -0.15) is 5.10 Å². The van der Waals surface area contributed by atoms with E-state index < -0.39 is 6.17 Å². The van der Waals surface area contributed by atoms with Gasteiger partial charge in [-0.3, -0.25) is 4.68 Å². The number of hydrogen-bond donors (Lipinski definition) is 1. The fraction of sp³-hybridized carbons (Fsp3) is 0.357. The summed E-state index contributed by atoms with van der Waals surface area (Å²) >= 11 is 0. The van der Waals surface area contributed by atoms with E-state index in [1.165, 1.54) is 21.1 Å². The van der Waals surface area contributed by atoms with Gasteiger partial charge in [-0.25, -0.2) is 4.39 Å². The zero-order chi connectivity index (χ0) is 14.9. The normalized spacial score (nSPS) is 12.2. The molecule has 2 aromatic rings. The number of halogens is 1. The third kappa shape index (κ3) is 2.29. The highest BCUT2D eigenvalue weighted by Gasteiger charge is 2.19. The monoisotopic (exact) mass is 279 g/mol. The van der Waals surface area contributed by atoms with E-state index in [0.29, 0.717) is 22.9 Å². The Balaban J connectivity index is 2.66. The van der Waals surface area contributed by atoms with Crippen LogP contribution in [0.3, 0.4) is 0 Å². The zero-order valence-electron chi connectivity index (χ0n) is 12.0. The maximum Gasteiger partial charge on any atom is 0.166 e. The first-order valence-corrected chi connectivity index (χ1v) is 6.17. The number of methoxy groups -OCH3 is 2. The molecule has 0 saturated carbocycles. The molecule has 5 nitrogen and oxygen atoms in total. The van der Waals surface area contributed by atoms with Gasteiger partial charge in [0, 0.05) is 18.2 Å². The van der Waals surface area contributed by atoms with Gasteiger partial charge in [-0.1, -0.05) is 0 Å². The van der Waals surface area contributed by atoms with Crippen LogP contribution in [0.4, 0.5) is 10.2 Å². The first-order chi connectivity index (χ1) is 9.49. The molecule has 2 rings (SSSR count). The van der Waals surface area contributed by atoms with Crippen LogP contribution in [0.5, 0.6) is 11.5 Å². The average molecular weight is 279 g/mol. The molecular formula is C14H18FN3O2. The Morgan fingerprint density at radius 1 is 1.30 bits per heavy atom. The molecule has 1 unspecified atom stereocenters. The first-order valence-electron chi connectivity index (χ1n) is 6.17. The average Bonchev–Trinajstić information content (AvgIpc) is 2.77. The van der Waals surface area contributed by atoms with E-state index in [0.717, 1.165) is 11.1 Å². The van der Waals surface area contributed by atoms with E-state index >= 15 is 0 Å².